The highest BCUT2D eigenvalue weighted by Crippen LogP contribution is 2.21. The highest BCUT2D eigenvalue weighted by molar-refractivity contribution is 7.89. The van der Waals surface area contributed by atoms with E-state index < -0.39 is 16.1 Å². The Morgan fingerprint density at radius 2 is 1.91 bits per heavy atom. The van der Waals surface area contributed by atoms with Gasteiger partial charge < -0.3 is 4.74 Å². The normalized spacial score (nSPS) is 10.6. The van der Waals surface area contributed by atoms with Crippen molar-refractivity contribution in [1.82, 2.24) is 0 Å². The first kappa shape index (κ1) is 16.5. The van der Waals surface area contributed by atoms with Crippen molar-refractivity contribution in [3.8, 4) is 6.07 Å². The van der Waals surface area contributed by atoms with Gasteiger partial charge in [-0.05, 0) is 23.8 Å². The van der Waals surface area contributed by atoms with Gasteiger partial charge in [-0.2, -0.15) is 5.26 Å². The molecule has 0 aliphatic carbocycles. The summed E-state index contributed by atoms with van der Waals surface area (Å²) in [6.45, 7) is 0.0354. The Hall–Kier alpha value is -2.89. The predicted octanol–water partition coefficient (Wildman–Crippen LogP) is 1.95. The summed E-state index contributed by atoms with van der Waals surface area (Å²) >= 11 is 0. The molecule has 0 saturated carbocycles. The molecule has 0 bridgehead atoms. The van der Waals surface area contributed by atoms with E-state index in [4.69, 9.17) is 15.1 Å². The SMILES string of the molecule is N#Cc1ccc(NC(=O)OCc2ccccc2)c(S(N)(=O)=O)c1. The van der Waals surface area contributed by atoms with Gasteiger partial charge in [-0.1, -0.05) is 30.3 Å². The van der Waals surface area contributed by atoms with Gasteiger partial charge in [0.05, 0.1) is 17.3 Å². The van der Waals surface area contributed by atoms with Crippen LogP contribution < -0.4 is 10.5 Å². The maximum absolute atomic E-state index is 11.8. The number of rotatable bonds is 4. The van der Waals surface area contributed by atoms with Crippen molar-refractivity contribution < 1.29 is 17.9 Å². The molecule has 8 heteroatoms. The molecule has 0 aromatic heterocycles. The van der Waals surface area contributed by atoms with Crippen LogP contribution in [0.1, 0.15) is 11.1 Å². The second-order valence-corrected chi connectivity index (χ2v) is 6.08. The van der Waals surface area contributed by atoms with Gasteiger partial charge in [0.1, 0.15) is 11.5 Å². The molecule has 1 amide bonds. The largest absolute Gasteiger partial charge is 0.444 e. The molecule has 118 valence electrons. The second kappa shape index (κ2) is 6.91. The second-order valence-electron chi connectivity index (χ2n) is 4.55. The number of carbonyl (C=O) groups is 1. The van der Waals surface area contributed by atoms with Crippen molar-refractivity contribution >= 4 is 21.8 Å². The molecule has 0 fully saturated rings. The topological polar surface area (TPSA) is 122 Å². The molecule has 0 aliphatic heterocycles. The predicted molar refractivity (Wildman–Crippen MR) is 82.8 cm³/mol. The van der Waals surface area contributed by atoms with Crippen LogP contribution in [0.4, 0.5) is 10.5 Å². The molecule has 2 aromatic rings. The van der Waals surface area contributed by atoms with E-state index in [0.717, 1.165) is 11.6 Å². The van der Waals surface area contributed by atoms with Gasteiger partial charge >= 0.3 is 6.09 Å². The van der Waals surface area contributed by atoms with Crippen LogP contribution in [0.3, 0.4) is 0 Å². The highest BCUT2D eigenvalue weighted by atomic mass is 32.2. The number of carbonyl (C=O) groups excluding carboxylic acids is 1. The lowest BCUT2D eigenvalue weighted by Crippen LogP contribution is -2.19. The van der Waals surface area contributed by atoms with Gasteiger partial charge in [-0.15, -0.1) is 0 Å². The summed E-state index contributed by atoms with van der Waals surface area (Å²) in [7, 11) is -4.10. The molecule has 2 rings (SSSR count). The van der Waals surface area contributed by atoms with E-state index >= 15 is 0 Å². The van der Waals surface area contributed by atoms with Crippen LogP contribution in [-0.4, -0.2) is 14.5 Å². The first-order valence-electron chi connectivity index (χ1n) is 6.45. The highest BCUT2D eigenvalue weighted by Gasteiger charge is 2.17. The number of sulfonamides is 1. The third-order valence-electron chi connectivity index (χ3n) is 2.87. The third kappa shape index (κ3) is 4.54. The number of anilines is 1. The fourth-order valence-electron chi connectivity index (χ4n) is 1.80. The van der Waals surface area contributed by atoms with Gasteiger partial charge in [0, 0.05) is 0 Å². The number of nitrogens with one attached hydrogen (secondary N) is 1. The molecule has 2 aromatic carbocycles. The smallest absolute Gasteiger partial charge is 0.411 e. The minimum absolute atomic E-state index is 0.0354. The monoisotopic (exact) mass is 331 g/mol. The van der Waals surface area contributed by atoms with Crippen LogP contribution in [0.25, 0.3) is 0 Å². The van der Waals surface area contributed by atoms with E-state index in [1.54, 1.807) is 30.3 Å². The number of nitrogens with zero attached hydrogens (tertiary/aromatic N) is 1. The Kier molecular flexibility index (Phi) is 4.95. The molecule has 0 spiro atoms. The molecular formula is C15H13N3O4S. The van der Waals surface area contributed by atoms with Crippen molar-refractivity contribution in [2.45, 2.75) is 11.5 Å². The fourth-order valence-corrected chi connectivity index (χ4v) is 2.52. The fraction of sp³-hybridized carbons (Fsp3) is 0.0667. The summed E-state index contributed by atoms with van der Waals surface area (Å²) in [5, 5.41) is 16.2. The molecule has 7 nitrogen and oxygen atoms in total. The van der Waals surface area contributed by atoms with Crippen molar-refractivity contribution in [2.24, 2.45) is 5.14 Å². The van der Waals surface area contributed by atoms with Crippen molar-refractivity contribution in [1.29, 1.82) is 5.26 Å². The van der Waals surface area contributed by atoms with Crippen LogP contribution in [-0.2, 0) is 21.4 Å². The summed E-state index contributed by atoms with van der Waals surface area (Å²) < 4.78 is 28.1. The summed E-state index contributed by atoms with van der Waals surface area (Å²) in [6, 6.07) is 14.5. The molecule has 0 aliphatic rings. The summed E-state index contributed by atoms with van der Waals surface area (Å²) in [5.41, 5.74) is 0.843. The van der Waals surface area contributed by atoms with E-state index in [1.807, 2.05) is 6.07 Å². The average molecular weight is 331 g/mol. The van der Waals surface area contributed by atoms with E-state index in [1.165, 1.54) is 12.1 Å². The van der Waals surface area contributed by atoms with Gasteiger partial charge in [-0.25, -0.2) is 18.4 Å². The van der Waals surface area contributed by atoms with Crippen molar-refractivity contribution in [2.75, 3.05) is 5.32 Å². The van der Waals surface area contributed by atoms with Crippen LogP contribution in [0.2, 0.25) is 0 Å². The molecule has 0 saturated heterocycles. The molecule has 0 unspecified atom stereocenters. The number of primary sulfonamides is 1. The Balaban J connectivity index is 2.13. The van der Waals surface area contributed by atoms with Gasteiger partial charge in [0.25, 0.3) is 0 Å². The molecule has 3 N–H and O–H groups in total. The average Bonchev–Trinajstić information content (AvgIpc) is 2.53. The number of hydrogen-bond acceptors (Lipinski definition) is 5. The van der Waals surface area contributed by atoms with Crippen LogP contribution in [0.15, 0.2) is 53.4 Å². The van der Waals surface area contributed by atoms with Crippen LogP contribution >= 0.6 is 0 Å². The molecule has 0 radical (unpaired) electrons. The van der Waals surface area contributed by atoms with Crippen LogP contribution in [0, 0.1) is 11.3 Å². The number of hydrogen-bond donors (Lipinski definition) is 2. The Bertz CT molecular complexity index is 858. The maximum atomic E-state index is 11.8. The van der Waals surface area contributed by atoms with Gasteiger partial charge in [0.2, 0.25) is 10.0 Å². The van der Waals surface area contributed by atoms with E-state index in [0.29, 0.717) is 0 Å². The Labute approximate surface area is 133 Å². The quantitative estimate of drug-likeness (QED) is 0.886. The zero-order valence-electron chi connectivity index (χ0n) is 11.9. The summed E-state index contributed by atoms with van der Waals surface area (Å²) in [4.78, 5) is 11.4. The van der Waals surface area contributed by atoms with E-state index in [9.17, 15) is 13.2 Å². The zero-order valence-corrected chi connectivity index (χ0v) is 12.7. The number of benzene rings is 2. The van der Waals surface area contributed by atoms with E-state index in [2.05, 4.69) is 5.32 Å². The van der Waals surface area contributed by atoms with Crippen molar-refractivity contribution in [3.63, 3.8) is 0 Å². The lowest BCUT2D eigenvalue weighted by atomic mass is 10.2. The molecular weight excluding hydrogens is 318 g/mol. The number of nitriles is 1. The standard InChI is InChI=1S/C15H13N3O4S/c16-9-12-6-7-13(14(8-12)23(17,20)21)18-15(19)22-10-11-4-2-1-3-5-11/h1-8H,10H2,(H,18,19)(H2,17,20,21). The number of ether oxygens (including phenoxy) is 1. The molecule has 0 heterocycles. The first-order valence-corrected chi connectivity index (χ1v) is 7.99. The number of nitrogens with two attached hydrogens (primary N) is 1. The van der Waals surface area contributed by atoms with Crippen LogP contribution in [0.5, 0.6) is 0 Å². The lowest BCUT2D eigenvalue weighted by Gasteiger charge is -2.10. The van der Waals surface area contributed by atoms with E-state index in [-0.39, 0.29) is 22.8 Å². The maximum Gasteiger partial charge on any atom is 0.411 e. The van der Waals surface area contributed by atoms with Gasteiger partial charge in [0.15, 0.2) is 0 Å². The summed E-state index contributed by atoms with van der Waals surface area (Å²) in [6.07, 6.45) is -0.830. The number of amides is 1. The summed E-state index contributed by atoms with van der Waals surface area (Å²) in [5.74, 6) is 0. The zero-order chi connectivity index (χ0) is 16.9. The lowest BCUT2D eigenvalue weighted by molar-refractivity contribution is 0.155. The van der Waals surface area contributed by atoms with Gasteiger partial charge in [-0.3, -0.25) is 5.32 Å². The minimum atomic E-state index is -4.10. The van der Waals surface area contributed by atoms with Crippen molar-refractivity contribution in [3.05, 3.63) is 59.7 Å². The minimum Gasteiger partial charge on any atom is -0.444 e. The molecule has 23 heavy (non-hydrogen) atoms. The Morgan fingerprint density at radius 3 is 2.52 bits per heavy atom. The Morgan fingerprint density at radius 1 is 1.22 bits per heavy atom. The molecule has 0 atom stereocenters. The third-order valence-corrected chi connectivity index (χ3v) is 3.82. The first-order chi connectivity index (χ1) is 10.9.